The van der Waals surface area contributed by atoms with Gasteiger partial charge in [-0.15, -0.1) is 0 Å². The monoisotopic (exact) mass is 297 g/mol. The summed E-state index contributed by atoms with van der Waals surface area (Å²) >= 11 is 2.15. The number of amides is 1. The Morgan fingerprint density at radius 2 is 1.86 bits per heavy atom. The van der Waals surface area contributed by atoms with Crippen molar-refractivity contribution >= 4 is 39.3 Å². The third-order valence-corrected chi connectivity index (χ3v) is 3.29. The number of halogens is 1. The lowest BCUT2D eigenvalue weighted by atomic mass is 10.1. The van der Waals surface area contributed by atoms with Gasteiger partial charge in [0.25, 0.3) is 0 Å². The number of hydrogen-bond donors (Lipinski definition) is 1. The molecule has 0 saturated heterocycles. The predicted octanol–water partition coefficient (Wildman–Crippen LogP) is 2.54. The van der Waals surface area contributed by atoms with Crippen LogP contribution in [0.5, 0.6) is 0 Å². The molecule has 0 unspecified atom stereocenters. The van der Waals surface area contributed by atoms with E-state index in [-0.39, 0.29) is 5.91 Å². The number of hydrogen-bond acceptors (Lipinski definition) is 1. The summed E-state index contributed by atoms with van der Waals surface area (Å²) in [4.78, 5) is 11.1. The van der Waals surface area contributed by atoms with Gasteiger partial charge in [0.05, 0.1) is 5.56 Å². The molecule has 0 aromatic heterocycles. The van der Waals surface area contributed by atoms with Crippen molar-refractivity contribution in [2.75, 3.05) is 0 Å². The lowest BCUT2D eigenvalue weighted by Gasteiger charge is -2.04. The van der Waals surface area contributed by atoms with Crippen LogP contribution < -0.4 is 5.73 Å². The zero-order valence-corrected chi connectivity index (χ0v) is 9.49. The molecule has 0 radical (unpaired) electrons. The maximum absolute atomic E-state index is 11.1. The lowest BCUT2D eigenvalue weighted by Crippen LogP contribution is -2.12. The van der Waals surface area contributed by atoms with Crippen LogP contribution in [-0.2, 0) is 0 Å². The third-order valence-electron chi connectivity index (χ3n) is 2.13. The number of carbonyl (C=O) groups excluding carboxylic acids is 1. The second-order valence-electron chi connectivity index (χ2n) is 3.01. The first-order valence-corrected chi connectivity index (χ1v) is 5.25. The van der Waals surface area contributed by atoms with Crippen molar-refractivity contribution in [2.24, 2.45) is 5.73 Å². The molecule has 0 heterocycles. The molecule has 1 amide bonds. The van der Waals surface area contributed by atoms with Gasteiger partial charge >= 0.3 is 0 Å². The molecule has 0 fully saturated rings. The summed E-state index contributed by atoms with van der Waals surface area (Å²) in [6.45, 7) is 0. The van der Waals surface area contributed by atoms with Gasteiger partial charge in [0.1, 0.15) is 0 Å². The molecule has 70 valence electrons. The van der Waals surface area contributed by atoms with Crippen molar-refractivity contribution in [3.05, 3.63) is 45.5 Å². The van der Waals surface area contributed by atoms with Crippen molar-refractivity contribution in [3.63, 3.8) is 0 Å². The second kappa shape index (κ2) is 3.57. The predicted molar refractivity (Wildman–Crippen MR) is 65.2 cm³/mol. The molecular formula is C11H8INO. The topological polar surface area (TPSA) is 43.1 Å². The van der Waals surface area contributed by atoms with E-state index in [0.29, 0.717) is 5.56 Å². The smallest absolute Gasteiger partial charge is 0.249 e. The minimum atomic E-state index is -0.375. The van der Waals surface area contributed by atoms with Gasteiger partial charge in [-0.25, -0.2) is 0 Å². The van der Waals surface area contributed by atoms with Crippen LogP contribution >= 0.6 is 22.6 Å². The van der Waals surface area contributed by atoms with Crippen LogP contribution in [0.4, 0.5) is 0 Å². The van der Waals surface area contributed by atoms with Crippen LogP contribution in [0, 0.1) is 3.57 Å². The largest absolute Gasteiger partial charge is 0.366 e. The Balaban J connectivity index is 2.81. The van der Waals surface area contributed by atoms with Gasteiger partial charge < -0.3 is 5.73 Å². The first-order valence-electron chi connectivity index (χ1n) is 4.17. The van der Waals surface area contributed by atoms with Gasteiger partial charge in [-0.2, -0.15) is 0 Å². The number of nitrogens with two attached hydrogens (primary N) is 1. The number of carbonyl (C=O) groups is 1. The number of primary amides is 1. The highest BCUT2D eigenvalue weighted by molar-refractivity contribution is 14.1. The van der Waals surface area contributed by atoms with Crippen LogP contribution in [0.2, 0.25) is 0 Å². The minimum absolute atomic E-state index is 0.375. The van der Waals surface area contributed by atoms with Crippen molar-refractivity contribution < 1.29 is 4.79 Å². The Hall–Kier alpha value is -1.10. The van der Waals surface area contributed by atoms with E-state index in [0.717, 1.165) is 14.3 Å². The highest BCUT2D eigenvalue weighted by Gasteiger charge is 2.08. The van der Waals surface area contributed by atoms with Gasteiger partial charge in [0.15, 0.2) is 0 Å². The molecule has 0 aliphatic rings. The van der Waals surface area contributed by atoms with Crippen molar-refractivity contribution in [2.45, 2.75) is 0 Å². The normalized spacial score (nSPS) is 10.4. The molecule has 0 bridgehead atoms. The summed E-state index contributed by atoms with van der Waals surface area (Å²) in [7, 11) is 0. The summed E-state index contributed by atoms with van der Waals surface area (Å²) in [6.07, 6.45) is 0. The van der Waals surface area contributed by atoms with E-state index in [2.05, 4.69) is 22.6 Å². The molecule has 0 saturated carbocycles. The zero-order valence-electron chi connectivity index (χ0n) is 7.33. The fourth-order valence-corrected chi connectivity index (χ4v) is 2.36. The van der Waals surface area contributed by atoms with Crippen LogP contribution in [0.1, 0.15) is 10.4 Å². The number of benzene rings is 2. The molecule has 0 aliphatic heterocycles. The average molecular weight is 297 g/mol. The Labute approximate surface area is 95.2 Å². The van der Waals surface area contributed by atoms with E-state index >= 15 is 0 Å². The highest BCUT2D eigenvalue weighted by atomic mass is 127. The Morgan fingerprint density at radius 1 is 1.14 bits per heavy atom. The molecule has 0 spiro atoms. The fraction of sp³-hybridized carbons (Fsp3) is 0. The van der Waals surface area contributed by atoms with Gasteiger partial charge in [-0.3, -0.25) is 4.79 Å². The first-order chi connectivity index (χ1) is 6.70. The first kappa shape index (κ1) is 9.45. The molecule has 0 atom stereocenters. The molecule has 0 aliphatic carbocycles. The number of fused-ring (bicyclic) bond motifs is 1. The Bertz CT molecular complexity index is 508. The molecular weight excluding hydrogens is 289 g/mol. The lowest BCUT2D eigenvalue weighted by molar-refractivity contribution is 0.0999. The SMILES string of the molecule is NC(=O)c1ccc2ccccc2c1I. The van der Waals surface area contributed by atoms with Crippen LogP contribution in [0.15, 0.2) is 36.4 Å². The molecule has 2 N–H and O–H groups in total. The summed E-state index contributed by atoms with van der Waals surface area (Å²) < 4.78 is 0.924. The molecule has 2 rings (SSSR count). The minimum Gasteiger partial charge on any atom is -0.366 e. The van der Waals surface area contributed by atoms with Gasteiger partial charge in [0, 0.05) is 3.57 Å². The maximum Gasteiger partial charge on any atom is 0.249 e. The molecule has 2 nitrogen and oxygen atoms in total. The molecule has 3 heteroatoms. The summed E-state index contributed by atoms with van der Waals surface area (Å²) in [6, 6.07) is 11.6. The van der Waals surface area contributed by atoms with Crippen LogP contribution in [0.3, 0.4) is 0 Å². The number of rotatable bonds is 1. The fourth-order valence-electron chi connectivity index (χ4n) is 1.42. The molecule has 2 aromatic rings. The average Bonchev–Trinajstić information content (AvgIpc) is 2.18. The van der Waals surface area contributed by atoms with E-state index in [1.54, 1.807) is 6.07 Å². The van der Waals surface area contributed by atoms with E-state index in [1.165, 1.54) is 0 Å². The molecule has 14 heavy (non-hydrogen) atoms. The zero-order chi connectivity index (χ0) is 10.1. The van der Waals surface area contributed by atoms with Gasteiger partial charge in [-0.1, -0.05) is 30.3 Å². The summed E-state index contributed by atoms with van der Waals surface area (Å²) in [5.74, 6) is -0.375. The van der Waals surface area contributed by atoms with Crippen molar-refractivity contribution in [3.8, 4) is 0 Å². The second-order valence-corrected chi connectivity index (χ2v) is 4.09. The Kier molecular flexibility index (Phi) is 2.41. The maximum atomic E-state index is 11.1. The third kappa shape index (κ3) is 1.48. The Morgan fingerprint density at radius 3 is 2.57 bits per heavy atom. The van der Waals surface area contributed by atoms with Crippen LogP contribution in [-0.4, -0.2) is 5.91 Å². The van der Waals surface area contributed by atoms with Crippen molar-refractivity contribution in [1.82, 2.24) is 0 Å². The van der Waals surface area contributed by atoms with Gasteiger partial charge in [-0.05, 0) is 39.4 Å². The summed E-state index contributed by atoms with van der Waals surface area (Å²) in [5, 5.41) is 2.20. The quantitative estimate of drug-likeness (QED) is 0.808. The van der Waals surface area contributed by atoms with Gasteiger partial charge in [0.2, 0.25) is 5.91 Å². The van der Waals surface area contributed by atoms with E-state index in [1.807, 2.05) is 30.3 Å². The van der Waals surface area contributed by atoms with Crippen molar-refractivity contribution in [1.29, 1.82) is 0 Å². The van der Waals surface area contributed by atoms with Crippen LogP contribution in [0.25, 0.3) is 10.8 Å². The van der Waals surface area contributed by atoms with E-state index in [4.69, 9.17) is 5.73 Å². The highest BCUT2D eigenvalue weighted by Crippen LogP contribution is 2.23. The van der Waals surface area contributed by atoms with E-state index < -0.39 is 0 Å². The summed E-state index contributed by atoms with van der Waals surface area (Å²) in [5.41, 5.74) is 5.85. The molecule has 2 aromatic carbocycles. The standard InChI is InChI=1S/C11H8INO/c12-10-8-4-2-1-3-7(8)5-6-9(10)11(13)14/h1-6H,(H2,13,14). The van der Waals surface area contributed by atoms with E-state index in [9.17, 15) is 4.79 Å².